The number of rotatable bonds is 6. The Morgan fingerprint density at radius 3 is 2.61 bits per heavy atom. The molecule has 6 heteroatoms. The van der Waals surface area contributed by atoms with Gasteiger partial charge in [-0.2, -0.15) is 0 Å². The van der Waals surface area contributed by atoms with Crippen LogP contribution in [0.2, 0.25) is 13.1 Å². The average molecular weight is 344 g/mol. The standard InChI is InChI=1S/C17H30FNO3Si/c1-7-11-21-15(20)19-13-14(16(2,3)4)12-17(19,9-8-10-18)22-23(5)6/h7-9,14,23H,1,10-13H2,2-6H3/t14-,17+/m0/s1. The van der Waals surface area contributed by atoms with Crippen LogP contribution in [0.5, 0.6) is 0 Å². The van der Waals surface area contributed by atoms with Gasteiger partial charge in [0.15, 0.2) is 14.8 Å². The fourth-order valence-corrected chi connectivity index (χ4v) is 3.98. The first kappa shape index (κ1) is 19.9. The van der Waals surface area contributed by atoms with Crippen molar-refractivity contribution >= 4 is 15.1 Å². The molecule has 1 aliphatic rings. The molecular formula is C17H30FNO3Si. The van der Waals surface area contributed by atoms with Crippen molar-refractivity contribution in [3.05, 3.63) is 24.8 Å². The third kappa shape index (κ3) is 5.17. The van der Waals surface area contributed by atoms with Crippen LogP contribution in [-0.2, 0) is 9.16 Å². The maximum atomic E-state index is 12.7. The van der Waals surface area contributed by atoms with Crippen molar-refractivity contribution in [3.8, 4) is 0 Å². The van der Waals surface area contributed by atoms with Gasteiger partial charge in [0, 0.05) is 13.0 Å². The highest BCUT2D eigenvalue weighted by atomic mass is 28.3. The van der Waals surface area contributed by atoms with Gasteiger partial charge in [0.25, 0.3) is 0 Å². The summed E-state index contributed by atoms with van der Waals surface area (Å²) in [6.45, 7) is 14.2. The molecule has 0 spiro atoms. The summed E-state index contributed by atoms with van der Waals surface area (Å²) in [7, 11) is -1.46. The molecule has 1 amide bonds. The average Bonchev–Trinajstić information content (AvgIpc) is 2.81. The number of ether oxygens (including phenoxy) is 1. The van der Waals surface area contributed by atoms with Crippen LogP contribution in [0.4, 0.5) is 9.18 Å². The Hall–Kier alpha value is -1.14. The zero-order valence-electron chi connectivity index (χ0n) is 15.0. The van der Waals surface area contributed by atoms with Gasteiger partial charge in [0.2, 0.25) is 0 Å². The van der Waals surface area contributed by atoms with Gasteiger partial charge in [0.1, 0.15) is 13.3 Å². The van der Waals surface area contributed by atoms with E-state index in [0.717, 1.165) is 0 Å². The molecule has 0 radical (unpaired) electrons. The monoisotopic (exact) mass is 343 g/mol. The molecule has 0 N–H and O–H groups in total. The van der Waals surface area contributed by atoms with Crippen molar-refractivity contribution in [2.75, 3.05) is 19.8 Å². The van der Waals surface area contributed by atoms with E-state index in [1.807, 2.05) is 13.1 Å². The van der Waals surface area contributed by atoms with Crippen LogP contribution in [0, 0.1) is 11.3 Å². The molecule has 0 aromatic carbocycles. The first-order valence-electron chi connectivity index (χ1n) is 8.13. The van der Waals surface area contributed by atoms with Gasteiger partial charge in [0.05, 0.1) is 0 Å². The van der Waals surface area contributed by atoms with Crippen LogP contribution in [0.3, 0.4) is 0 Å². The summed E-state index contributed by atoms with van der Waals surface area (Å²) in [6, 6.07) is 0. The first-order valence-corrected chi connectivity index (χ1v) is 10.9. The molecule has 0 aliphatic carbocycles. The molecule has 23 heavy (non-hydrogen) atoms. The summed E-state index contributed by atoms with van der Waals surface area (Å²) in [5.74, 6) is 0.246. The lowest BCUT2D eigenvalue weighted by Crippen LogP contribution is -2.50. The number of allylic oxidation sites excluding steroid dienone is 1. The fraction of sp³-hybridized carbons (Fsp3) is 0.706. The van der Waals surface area contributed by atoms with Crippen LogP contribution in [0.1, 0.15) is 27.2 Å². The second-order valence-corrected chi connectivity index (χ2v) is 9.64. The maximum Gasteiger partial charge on any atom is 0.412 e. The molecule has 132 valence electrons. The minimum atomic E-state index is -1.46. The summed E-state index contributed by atoms with van der Waals surface area (Å²) in [6.07, 6.45) is 4.87. The molecule has 1 saturated heterocycles. The zero-order valence-corrected chi connectivity index (χ0v) is 16.1. The quantitative estimate of drug-likeness (QED) is 0.542. The van der Waals surface area contributed by atoms with E-state index in [2.05, 4.69) is 27.4 Å². The Morgan fingerprint density at radius 2 is 2.13 bits per heavy atom. The SMILES string of the molecule is C=CCOC(=O)N1C[C@@H](C(C)(C)C)C[C@@]1(C=CCF)O[SiH](C)C. The number of likely N-dealkylation sites (tertiary alicyclic amines) is 1. The minimum absolute atomic E-state index is 0.0180. The van der Waals surface area contributed by atoms with Crippen molar-refractivity contribution in [3.63, 3.8) is 0 Å². The van der Waals surface area contributed by atoms with Gasteiger partial charge in [-0.25, -0.2) is 9.18 Å². The van der Waals surface area contributed by atoms with Crippen LogP contribution >= 0.6 is 0 Å². The first-order chi connectivity index (χ1) is 10.7. The van der Waals surface area contributed by atoms with Gasteiger partial charge in [-0.3, -0.25) is 4.90 Å². The van der Waals surface area contributed by atoms with E-state index in [9.17, 15) is 9.18 Å². The summed E-state index contributed by atoms with van der Waals surface area (Å²) in [5, 5.41) is 0. The molecule has 1 heterocycles. The number of carbonyl (C=O) groups excluding carboxylic acids is 1. The molecule has 1 rings (SSSR count). The summed E-state index contributed by atoms with van der Waals surface area (Å²) in [4.78, 5) is 14.1. The normalized spacial score (nSPS) is 25.3. The number of halogens is 1. The second-order valence-electron chi connectivity index (χ2n) is 7.31. The third-order valence-corrected chi connectivity index (χ3v) is 4.96. The number of carbonyl (C=O) groups is 1. The number of nitrogens with zero attached hydrogens (tertiary/aromatic N) is 1. The van der Waals surface area contributed by atoms with Crippen LogP contribution in [-0.4, -0.2) is 45.6 Å². The fourth-order valence-electron chi connectivity index (χ4n) is 2.87. The number of hydrogen-bond donors (Lipinski definition) is 0. The zero-order chi connectivity index (χ0) is 17.7. The van der Waals surface area contributed by atoms with Crippen LogP contribution in [0.15, 0.2) is 24.8 Å². The van der Waals surface area contributed by atoms with Crippen LogP contribution in [0.25, 0.3) is 0 Å². The van der Waals surface area contributed by atoms with Crippen molar-refractivity contribution in [1.82, 2.24) is 4.90 Å². The van der Waals surface area contributed by atoms with Crippen molar-refractivity contribution < 1.29 is 18.3 Å². The number of hydrogen-bond acceptors (Lipinski definition) is 3. The lowest BCUT2D eigenvalue weighted by atomic mass is 9.79. The summed E-state index contributed by atoms with van der Waals surface area (Å²) < 4.78 is 24.2. The molecule has 4 nitrogen and oxygen atoms in total. The highest BCUT2D eigenvalue weighted by Gasteiger charge is 2.51. The van der Waals surface area contributed by atoms with E-state index in [1.54, 1.807) is 11.0 Å². The van der Waals surface area contributed by atoms with Gasteiger partial charge in [-0.1, -0.05) is 39.5 Å². The van der Waals surface area contributed by atoms with Gasteiger partial charge < -0.3 is 9.16 Å². The minimum Gasteiger partial charge on any atom is -0.445 e. The Kier molecular flexibility index (Phi) is 7.01. The Balaban J connectivity index is 3.18. The largest absolute Gasteiger partial charge is 0.445 e. The number of alkyl halides is 1. The van der Waals surface area contributed by atoms with E-state index >= 15 is 0 Å². The topological polar surface area (TPSA) is 38.8 Å². The van der Waals surface area contributed by atoms with Gasteiger partial charge in [-0.15, -0.1) is 0 Å². The smallest absolute Gasteiger partial charge is 0.412 e. The molecule has 1 aliphatic heterocycles. The molecule has 0 saturated carbocycles. The van der Waals surface area contributed by atoms with Gasteiger partial charge in [-0.05, 0) is 30.5 Å². The molecule has 2 atom stereocenters. The second kappa shape index (κ2) is 8.10. The van der Waals surface area contributed by atoms with Crippen molar-refractivity contribution in [2.45, 2.75) is 46.0 Å². The van der Waals surface area contributed by atoms with Crippen molar-refractivity contribution in [2.24, 2.45) is 11.3 Å². The van der Waals surface area contributed by atoms with Crippen LogP contribution < -0.4 is 0 Å². The molecule has 0 aromatic heterocycles. The highest BCUT2D eigenvalue weighted by Crippen LogP contribution is 2.44. The van der Waals surface area contributed by atoms with Crippen molar-refractivity contribution in [1.29, 1.82) is 0 Å². The van der Waals surface area contributed by atoms with E-state index in [4.69, 9.17) is 9.16 Å². The van der Waals surface area contributed by atoms with E-state index < -0.39 is 27.5 Å². The molecule has 0 aromatic rings. The molecule has 0 bridgehead atoms. The number of amides is 1. The van der Waals surface area contributed by atoms with E-state index in [-0.39, 0.29) is 17.9 Å². The van der Waals surface area contributed by atoms with E-state index in [1.165, 1.54) is 12.2 Å². The predicted octanol–water partition coefficient (Wildman–Crippen LogP) is 3.90. The lowest BCUT2D eigenvalue weighted by Gasteiger charge is -2.37. The van der Waals surface area contributed by atoms with Gasteiger partial charge >= 0.3 is 6.09 Å². The van der Waals surface area contributed by atoms with E-state index in [0.29, 0.717) is 13.0 Å². The molecular weight excluding hydrogens is 313 g/mol. The molecule has 0 unspecified atom stereocenters. The summed E-state index contributed by atoms with van der Waals surface area (Å²) >= 11 is 0. The Bertz CT molecular complexity index is 448. The third-order valence-electron chi connectivity index (χ3n) is 4.08. The Labute approximate surface area is 141 Å². The lowest BCUT2D eigenvalue weighted by molar-refractivity contribution is -0.0133. The predicted molar refractivity (Wildman–Crippen MR) is 93.6 cm³/mol. The Morgan fingerprint density at radius 1 is 1.48 bits per heavy atom. The highest BCUT2D eigenvalue weighted by molar-refractivity contribution is 6.48. The summed E-state index contributed by atoms with van der Waals surface area (Å²) in [5.41, 5.74) is -0.882. The molecule has 1 fully saturated rings. The maximum absolute atomic E-state index is 12.7.